The van der Waals surface area contributed by atoms with Crippen LogP contribution in [-0.2, 0) is 4.79 Å². The molecule has 0 amide bonds. The van der Waals surface area contributed by atoms with Crippen molar-refractivity contribution in [3.8, 4) is 0 Å². The highest BCUT2D eigenvalue weighted by Crippen LogP contribution is 1.97. The zero-order valence-corrected chi connectivity index (χ0v) is 4.35. The maximum atomic E-state index is 9.59. The molecule has 0 aliphatic heterocycles. The summed E-state index contributed by atoms with van der Waals surface area (Å²) in [7, 11) is 0. The van der Waals surface area contributed by atoms with Crippen LogP contribution in [0, 0.1) is 0 Å². The monoisotopic (exact) mass is 122 g/mol. The predicted molar refractivity (Wildman–Crippen MR) is 27.6 cm³/mol. The van der Waals surface area contributed by atoms with Crippen LogP contribution in [0.4, 0.5) is 5.82 Å². The quantitative estimate of drug-likeness (QED) is 0.383. The summed E-state index contributed by atoms with van der Waals surface area (Å²) >= 11 is 0. The Morgan fingerprint density at radius 1 is 1.56 bits per heavy atom. The number of hydrogen-bond donors (Lipinski definition) is 0. The van der Waals surface area contributed by atoms with E-state index >= 15 is 0 Å². The van der Waals surface area contributed by atoms with Crippen LogP contribution in [0.25, 0.3) is 0 Å². The molecule has 5 nitrogen and oxygen atoms in total. The van der Waals surface area contributed by atoms with Crippen LogP contribution in [-0.4, -0.2) is 21.3 Å². The third-order valence-electron chi connectivity index (χ3n) is 0.642. The number of rotatable bonds is 1. The van der Waals surface area contributed by atoms with E-state index in [1.807, 2.05) is 0 Å². The predicted octanol–water partition coefficient (Wildman–Crippen LogP) is -0.161. The number of isocyanates is 1. The van der Waals surface area contributed by atoms with Crippen molar-refractivity contribution in [2.75, 3.05) is 0 Å². The van der Waals surface area contributed by atoms with E-state index < -0.39 is 0 Å². The lowest BCUT2D eigenvalue weighted by molar-refractivity contribution is 0.565. The number of hydrogen-bond acceptors (Lipinski definition) is 5. The van der Waals surface area contributed by atoms with Gasteiger partial charge in [-0.15, -0.1) is 10.1 Å². The van der Waals surface area contributed by atoms with Gasteiger partial charge in [-0.3, -0.25) is 0 Å². The van der Waals surface area contributed by atoms with Crippen molar-refractivity contribution in [1.29, 1.82) is 0 Å². The molecule has 0 N–H and O–H groups in total. The second kappa shape index (κ2) is 2.64. The van der Waals surface area contributed by atoms with Gasteiger partial charge >= 0.3 is 0 Å². The molecule has 1 heterocycles. The molecule has 0 radical (unpaired) electrons. The van der Waals surface area contributed by atoms with Gasteiger partial charge in [0.15, 0.2) is 5.82 Å². The van der Waals surface area contributed by atoms with Crippen molar-refractivity contribution in [3.05, 3.63) is 12.5 Å². The van der Waals surface area contributed by atoms with Gasteiger partial charge in [0.05, 0.1) is 6.20 Å². The zero-order valence-electron chi connectivity index (χ0n) is 4.35. The van der Waals surface area contributed by atoms with Gasteiger partial charge in [0.2, 0.25) is 6.08 Å². The number of carbonyl (C=O) groups excluding carboxylic acids is 1. The van der Waals surface area contributed by atoms with Gasteiger partial charge in [-0.1, -0.05) is 0 Å². The average Bonchev–Trinajstić information content (AvgIpc) is 1.91. The van der Waals surface area contributed by atoms with Crippen LogP contribution >= 0.6 is 0 Å². The molecule has 9 heavy (non-hydrogen) atoms. The summed E-state index contributed by atoms with van der Waals surface area (Å²) in [5, 5.41) is 6.79. The molecular formula is C4H2N4O. The molecular weight excluding hydrogens is 120 g/mol. The van der Waals surface area contributed by atoms with Crippen molar-refractivity contribution in [2.45, 2.75) is 0 Å². The van der Waals surface area contributed by atoms with Crippen molar-refractivity contribution in [2.24, 2.45) is 4.99 Å². The summed E-state index contributed by atoms with van der Waals surface area (Å²) in [6.07, 6.45) is 3.80. The Hall–Kier alpha value is -1.61. The first kappa shape index (κ1) is 5.53. The fourth-order valence-electron chi connectivity index (χ4n) is 0.338. The van der Waals surface area contributed by atoms with E-state index in [0.717, 1.165) is 0 Å². The number of nitrogens with zero attached hydrogens (tertiary/aromatic N) is 4. The molecule has 0 fully saturated rings. The van der Waals surface area contributed by atoms with Gasteiger partial charge < -0.3 is 0 Å². The molecule has 5 heteroatoms. The molecule has 0 bridgehead atoms. The third kappa shape index (κ3) is 1.40. The average molecular weight is 122 g/mol. The van der Waals surface area contributed by atoms with E-state index in [1.165, 1.54) is 18.6 Å². The fraction of sp³-hybridized carbons (Fsp3) is 0. The highest BCUT2D eigenvalue weighted by molar-refractivity contribution is 5.42. The molecule has 0 saturated heterocycles. The maximum absolute atomic E-state index is 9.59. The lowest BCUT2D eigenvalue weighted by atomic mass is 10.7. The Labute approximate surface area is 50.5 Å². The molecule has 0 aromatic carbocycles. The van der Waals surface area contributed by atoms with Crippen LogP contribution in [0.15, 0.2) is 17.5 Å². The first-order chi connectivity index (χ1) is 4.43. The normalized spacial score (nSPS) is 8.00. The minimum absolute atomic E-state index is 0.222. The van der Waals surface area contributed by atoms with E-state index in [9.17, 15) is 4.79 Å². The number of aromatic nitrogens is 3. The topological polar surface area (TPSA) is 68.1 Å². The largest absolute Gasteiger partial charge is 0.242 e. The van der Waals surface area contributed by atoms with Crippen LogP contribution < -0.4 is 0 Å². The maximum Gasteiger partial charge on any atom is 0.242 e. The Morgan fingerprint density at radius 3 is 3.00 bits per heavy atom. The van der Waals surface area contributed by atoms with Gasteiger partial charge in [-0.2, -0.15) is 5.10 Å². The Morgan fingerprint density at radius 2 is 2.44 bits per heavy atom. The molecule has 0 spiro atoms. The van der Waals surface area contributed by atoms with Crippen LogP contribution in [0.5, 0.6) is 0 Å². The van der Waals surface area contributed by atoms with Gasteiger partial charge in [-0.05, 0) is 0 Å². The lowest BCUT2D eigenvalue weighted by Gasteiger charge is -1.80. The molecule has 1 rings (SSSR count). The van der Waals surface area contributed by atoms with Crippen LogP contribution in [0.1, 0.15) is 0 Å². The van der Waals surface area contributed by atoms with Crippen molar-refractivity contribution < 1.29 is 4.79 Å². The SMILES string of the molecule is O=C=Nc1cnncn1. The fourth-order valence-corrected chi connectivity index (χ4v) is 0.338. The smallest absolute Gasteiger partial charge is 0.213 e. The molecule has 1 aromatic rings. The highest BCUT2D eigenvalue weighted by Gasteiger charge is 1.84. The van der Waals surface area contributed by atoms with E-state index in [0.29, 0.717) is 0 Å². The summed E-state index contributed by atoms with van der Waals surface area (Å²) in [5.41, 5.74) is 0. The molecule has 44 valence electrons. The van der Waals surface area contributed by atoms with Crippen molar-refractivity contribution in [1.82, 2.24) is 15.2 Å². The summed E-state index contributed by atoms with van der Waals surface area (Å²) < 4.78 is 0. The second-order valence-electron chi connectivity index (χ2n) is 1.17. The van der Waals surface area contributed by atoms with E-state index in [4.69, 9.17) is 0 Å². The number of aliphatic imine (C=N–C) groups is 1. The minimum Gasteiger partial charge on any atom is -0.213 e. The summed E-state index contributed by atoms with van der Waals surface area (Å²) in [6.45, 7) is 0. The van der Waals surface area contributed by atoms with Crippen molar-refractivity contribution in [3.63, 3.8) is 0 Å². The lowest BCUT2D eigenvalue weighted by Crippen LogP contribution is -1.79. The van der Waals surface area contributed by atoms with Gasteiger partial charge in [-0.25, -0.2) is 9.78 Å². The summed E-state index contributed by atoms with van der Waals surface area (Å²) in [4.78, 5) is 16.3. The second-order valence-corrected chi connectivity index (χ2v) is 1.17. The standard InChI is InChI=1S/C4H2N4O/c9-3-6-4-1-7-8-2-5-4/h1-2H. The zero-order chi connectivity index (χ0) is 6.53. The van der Waals surface area contributed by atoms with Gasteiger partial charge in [0, 0.05) is 0 Å². The summed E-state index contributed by atoms with van der Waals surface area (Å²) in [5.74, 6) is 0.222. The van der Waals surface area contributed by atoms with E-state index in [2.05, 4.69) is 20.2 Å². The molecule has 0 atom stereocenters. The first-order valence-corrected chi connectivity index (χ1v) is 2.14. The minimum atomic E-state index is 0.222. The molecule has 0 unspecified atom stereocenters. The Balaban J connectivity index is 2.97. The first-order valence-electron chi connectivity index (χ1n) is 2.14. The highest BCUT2D eigenvalue weighted by atomic mass is 16.1. The van der Waals surface area contributed by atoms with E-state index in [-0.39, 0.29) is 5.82 Å². The summed E-state index contributed by atoms with van der Waals surface area (Å²) in [6, 6.07) is 0. The van der Waals surface area contributed by atoms with Gasteiger partial charge in [0.25, 0.3) is 0 Å². The van der Waals surface area contributed by atoms with Crippen LogP contribution in [0.3, 0.4) is 0 Å². The van der Waals surface area contributed by atoms with Gasteiger partial charge in [0.1, 0.15) is 6.33 Å². The van der Waals surface area contributed by atoms with Crippen LogP contribution in [0.2, 0.25) is 0 Å². The molecule has 1 aromatic heterocycles. The molecule has 0 aliphatic rings. The third-order valence-corrected chi connectivity index (χ3v) is 0.642. The molecule has 0 saturated carbocycles. The molecule has 0 aliphatic carbocycles. The van der Waals surface area contributed by atoms with Crippen molar-refractivity contribution >= 4 is 11.9 Å². The Bertz CT molecular complexity index is 228. The Kier molecular flexibility index (Phi) is 1.62. The van der Waals surface area contributed by atoms with E-state index in [1.54, 1.807) is 0 Å².